The highest BCUT2D eigenvalue weighted by Gasteiger charge is 2.12. The summed E-state index contributed by atoms with van der Waals surface area (Å²) < 4.78 is 0. The first-order valence-corrected chi connectivity index (χ1v) is 6.67. The Hall–Kier alpha value is -2.20. The van der Waals surface area contributed by atoms with Gasteiger partial charge in [-0.2, -0.15) is 0 Å². The van der Waals surface area contributed by atoms with Crippen LogP contribution in [0.3, 0.4) is 0 Å². The highest BCUT2D eigenvalue weighted by atomic mass is 32.1. The zero-order valence-corrected chi connectivity index (χ0v) is 12.3. The molecule has 0 bridgehead atoms. The maximum absolute atomic E-state index is 12.4. The molecule has 0 radical (unpaired) electrons. The summed E-state index contributed by atoms with van der Waals surface area (Å²) in [5.41, 5.74) is 9.62. The molecule has 0 aliphatic rings. The summed E-state index contributed by atoms with van der Waals surface area (Å²) in [7, 11) is 0. The zero-order chi connectivity index (χ0) is 14.7. The van der Waals surface area contributed by atoms with Crippen LogP contribution >= 0.6 is 12.2 Å². The molecule has 3 N–H and O–H groups in total. The molecule has 0 saturated carbocycles. The third-order valence-corrected chi connectivity index (χ3v) is 3.35. The molecule has 0 spiro atoms. The molecule has 0 fully saturated rings. The maximum Gasteiger partial charge on any atom is 0.256 e. The van der Waals surface area contributed by atoms with Crippen LogP contribution in [0.15, 0.2) is 42.5 Å². The van der Waals surface area contributed by atoms with Gasteiger partial charge in [0.2, 0.25) is 0 Å². The number of hydrogen-bond donors (Lipinski definition) is 2. The van der Waals surface area contributed by atoms with Gasteiger partial charge in [0.1, 0.15) is 4.99 Å². The first kappa shape index (κ1) is 14.2. The maximum atomic E-state index is 12.4. The van der Waals surface area contributed by atoms with Crippen LogP contribution in [0.4, 0.5) is 5.69 Å². The lowest BCUT2D eigenvalue weighted by Crippen LogP contribution is -2.16. The van der Waals surface area contributed by atoms with Crippen molar-refractivity contribution in [3.8, 4) is 0 Å². The van der Waals surface area contributed by atoms with Crippen molar-refractivity contribution in [1.29, 1.82) is 0 Å². The predicted octanol–water partition coefficient (Wildman–Crippen LogP) is 3.19. The van der Waals surface area contributed by atoms with Crippen LogP contribution in [0.25, 0.3) is 0 Å². The second kappa shape index (κ2) is 5.84. The van der Waals surface area contributed by atoms with Crippen molar-refractivity contribution in [2.45, 2.75) is 13.8 Å². The fraction of sp³-hybridized carbons (Fsp3) is 0.125. The molecular formula is C16H16N2OS. The summed E-state index contributed by atoms with van der Waals surface area (Å²) in [6, 6.07) is 13.0. The quantitative estimate of drug-likeness (QED) is 0.851. The van der Waals surface area contributed by atoms with Crippen molar-refractivity contribution in [2.24, 2.45) is 5.73 Å². The summed E-state index contributed by atoms with van der Waals surface area (Å²) in [4.78, 5) is 12.7. The summed E-state index contributed by atoms with van der Waals surface area (Å²) in [6.45, 7) is 3.85. The molecule has 0 aliphatic heterocycles. The van der Waals surface area contributed by atoms with E-state index in [4.69, 9.17) is 18.0 Å². The Morgan fingerprint density at radius 1 is 1.10 bits per heavy atom. The van der Waals surface area contributed by atoms with E-state index in [9.17, 15) is 4.79 Å². The van der Waals surface area contributed by atoms with E-state index in [0.29, 0.717) is 16.2 Å². The van der Waals surface area contributed by atoms with Gasteiger partial charge in [0.05, 0.1) is 0 Å². The van der Waals surface area contributed by atoms with Gasteiger partial charge in [0.25, 0.3) is 5.91 Å². The Kier molecular flexibility index (Phi) is 4.15. The first-order valence-electron chi connectivity index (χ1n) is 6.26. The molecule has 0 atom stereocenters. The molecule has 0 aliphatic carbocycles. The van der Waals surface area contributed by atoms with Gasteiger partial charge in [0.15, 0.2) is 0 Å². The molecular weight excluding hydrogens is 268 g/mol. The SMILES string of the molecule is Cc1cccc(C)c1C(=O)Nc1cccc(C(N)=S)c1. The van der Waals surface area contributed by atoms with E-state index < -0.39 is 0 Å². The second-order valence-electron chi connectivity index (χ2n) is 4.67. The van der Waals surface area contributed by atoms with Gasteiger partial charge < -0.3 is 11.1 Å². The lowest BCUT2D eigenvalue weighted by molar-refractivity contribution is 0.102. The summed E-state index contributed by atoms with van der Waals surface area (Å²) in [6.07, 6.45) is 0. The molecule has 20 heavy (non-hydrogen) atoms. The number of rotatable bonds is 3. The second-order valence-corrected chi connectivity index (χ2v) is 5.11. The highest BCUT2D eigenvalue weighted by molar-refractivity contribution is 7.80. The van der Waals surface area contributed by atoms with Crippen molar-refractivity contribution >= 4 is 28.8 Å². The number of aryl methyl sites for hydroxylation is 2. The normalized spacial score (nSPS) is 10.1. The van der Waals surface area contributed by atoms with Crippen LogP contribution in [0.5, 0.6) is 0 Å². The average Bonchev–Trinajstić information content (AvgIpc) is 2.38. The molecule has 0 aromatic heterocycles. The summed E-state index contributed by atoms with van der Waals surface area (Å²) >= 11 is 4.94. The molecule has 2 aromatic rings. The molecule has 1 amide bonds. The van der Waals surface area contributed by atoms with E-state index in [0.717, 1.165) is 16.7 Å². The van der Waals surface area contributed by atoms with Gasteiger partial charge in [-0.05, 0) is 37.1 Å². The Morgan fingerprint density at radius 2 is 1.70 bits per heavy atom. The van der Waals surface area contributed by atoms with Crippen LogP contribution in [0.1, 0.15) is 27.0 Å². The smallest absolute Gasteiger partial charge is 0.256 e. The molecule has 0 heterocycles. The van der Waals surface area contributed by atoms with Gasteiger partial charge in [-0.15, -0.1) is 0 Å². The zero-order valence-electron chi connectivity index (χ0n) is 11.4. The van der Waals surface area contributed by atoms with E-state index >= 15 is 0 Å². The number of hydrogen-bond acceptors (Lipinski definition) is 2. The molecule has 102 valence electrons. The third kappa shape index (κ3) is 3.03. The monoisotopic (exact) mass is 284 g/mol. The summed E-state index contributed by atoms with van der Waals surface area (Å²) in [5, 5.41) is 2.88. The lowest BCUT2D eigenvalue weighted by Gasteiger charge is -2.11. The number of benzene rings is 2. The van der Waals surface area contributed by atoms with Gasteiger partial charge in [-0.25, -0.2) is 0 Å². The van der Waals surface area contributed by atoms with Gasteiger partial charge in [0, 0.05) is 16.8 Å². The number of amides is 1. The standard InChI is InChI=1S/C16H16N2OS/c1-10-5-3-6-11(2)14(10)16(19)18-13-8-4-7-12(9-13)15(17)20/h3-9H,1-2H3,(H2,17,20)(H,18,19). The Labute approximate surface area is 123 Å². The first-order chi connectivity index (χ1) is 9.49. The fourth-order valence-corrected chi connectivity index (χ4v) is 2.24. The number of thiocarbonyl (C=S) groups is 1. The molecule has 0 unspecified atom stereocenters. The minimum atomic E-state index is -0.124. The minimum absolute atomic E-state index is 0.124. The van der Waals surface area contributed by atoms with Gasteiger partial charge in [-0.1, -0.05) is 42.5 Å². The van der Waals surface area contributed by atoms with Gasteiger partial charge in [-0.3, -0.25) is 4.79 Å². The van der Waals surface area contributed by atoms with Crippen LogP contribution in [0, 0.1) is 13.8 Å². The largest absolute Gasteiger partial charge is 0.389 e. The average molecular weight is 284 g/mol. The predicted molar refractivity (Wildman–Crippen MR) is 86.2 cm³/mol. The van der Waals surface area contributed by atoms with Crippen LogP contribution in [-0.4, -0.2) is 10.9 Å². The molecule has 3 nitrogen and oxygen atoms in total. The summed E-state index contributed by atoms with van der Waals surface area (Å²) in [5.74, 6) is -0.124. The lowest BCUT2D eigenvalue weighted by atomic mass is 10.0. The van der Waals surface area contributed by atoms with Crippen molar-refractivity contribution < 1.29 is 4.79 Å². The fourth-order valence-electron chi connectivity index (χ4n) is 2.12. The highest BCUT2D eigenvalue weighted by Crippen LogP contribution is 2.17. The Morgan fingerprint density at radius 3 is 2.30 bits per heavy atom. The van der Waals surface area contributed by atoms with Crippen LogP contribution in [0.2, 0.25) is 0 Å². The van der Waals surface area contributed by atoms with Crippen LogP contribution in [-0.2, 0) is 0 Å². The number of anilines is 1. The van der Waals surface area contributed by atoms with E-state index in [1.807, 2.05) is 50.2 Å². The van der Waals surface area contributed by atoms with Crippen molar-refractivity contribution in [3.63, 3.8) is 0 Å². The number of nitrogens with one attached hydrogen (secondary N) is 1. The molecule has 2 aromatic carbocycles. The van der Waals surface area contributed by atoms with E-state index in [1.54, 1.807) is 6.07 Å². The van der Waals surface area contributed by atoms with Crippen molar-refractivity contribution in [2.75, 3.05) is 5.32 Å². The molecule has 4 heteroatoms. The minimum Gasteiger partial charge on any atom is -0.389 e. The van der Waals surface area contributed by atoms with Gasteiger partial charge >= 0.3 is 0 Å². The van der Waals surface area contributed by atoms with Crippen molar-refractivity contribution in [3.05, 3.63) is 64.7 Å². The van der Waals surface area contributed by atoms with E-state index in [-0.39, 0.29) is 5.91 Å². The number of carbonyl (C=O) groups is 1. The molecule has 0 saturated heterocycles. The van der Waals surface area contributed by atoms with E-state index in [1.165, 1.54) is 0 Å². The number of carbonyl (C=O) groups excluding carboxylic acids is 1. The third-order valence-electron chi connectivity index (χ3n) is 3.11. The van der Waals surface area contributed by atoms with Crippen molar-refractivity contribution in [1.82, 2.24) is 0 Å². The Balaban J connectivity index is 2.28. The molecule has 2 rings (SSSR count). The number of nitrogens with two attached hydrogens (primary N) is 1. The van der Waals surface area contributed by atoms with E-state index in [2.05, 4.69) is 5.32 Å². The van der Waals surface area contributed by atoms with Crippen LogP contribution < -0.4 is 11.1 Å². The topological polar surface area (TPSA) is 55.1 Å². The Bertz CT molecular complexity index is 660.